The Labute approximate surface area is 187 Å². The maximum Gasteiger partial charge on any atom is 0.321 e. The number of benzene rings is 2. The van der Waals surface area contributed by atoms with Crippen LogP contribution in [0.25, 0.3) is 0 Å². The number of quaternary nitrogens is 1. The smallest absolute Gasteiger partial charge is 0.321 e. The predicted octanol–water partition coefficient (Wildman–Crippen LogP) is 4.23. The number of amides is 2. The van der Waals surface area contributed by atoms with Crippen molar-refractivity contribution in [1.82, 2.24) is 5.32 Å². The van der Waals surface area contributed by atoms with Gasteiger partial charge in [0.25, 0.3) is 5.91 Å². The number of nitrogens with one attached hydrogen (secondary N) is 2. The highest BCUT2D eigenvalue weighted by Crippen LogP contribution is 2.42. The number of anilines is 1. The van der Waals surface area contributed by atoms with Crippen LogP contribution in [-0.4, -0.2) is 42.1 Å². The van der Waals surface area contributed by atoms with Crippen molar-refractivity contribution in [3.8, 4) is 0 Å². The standard InChI is InChI=1S/C24H28ClN3O3/c1-14-4-9-19(27-23(29)16-5-7-18(25)8-6-16)12-20(14)21-11-17-13-26-15(2)10-22(17)28(3,31)24(21)30/h4-9,12,15,17,21-22,26H,10-11,13H2,1-3H3,(H,27,29). The number of rotatable bonds is 3. The summed E-state index contributed by atoms with van der Waals surface area (Å²) in [5, 5.41) is 20.3. The lowest BCUT2D eigenvalue weighted by molar-refractivity contribution is -0.822. The molecule has 2 N–H and O–H groups in total. The lowest BCUT2D eigenvalue weighted by atomic mass is 9.74. The van der Waals surface area contributed by atoms with Gasteiger partial charge in [-0.05, 0) is 67.8 Å². The molecule has 164 valence electrons. The van der Waals surface area contributed by atoms with Crippen LogP contribution in [0.15, 0.2) is 42.5 Å². The summed E-state index contributed by atoms with van der Waals surface area (Å²) in [6.07, 6.45) is 1.36. The number of aryl methyl sites for hydroxylation is 1. The summed E-state index contributed by atoms with van der Waals surface area (Å²) in [5.74, 6) is -0.879. The number of nitrogens with zero attached hydrogens (tertiary/aromatic N) is 1. The molecule has 2 amide bonds. The highest BCUT2D eigenvalue weighted by Gasteiger charge is 2.50. The summed E-state index contributed by atoms with van der Waals surface area (Å²) in [5.41, 5.74) is 2.86. The van der Waals surface area contributed by atoms with Crippen LogP contribution in [0.5, 0.6) is 0 Å². The molecule has 0 bridgehead atoms. The van der Waals surface area contributed by atoms with Gasteiger partial charge in [-0.3, -0.25) is 9.44 Å². The SMILES string of the molecule is Cc1ccc(NC(=O)c2ccc(Cl)cc2)cc1C1CC2CNC(C)CC2[N+](C)([O-])C1=O. The zero-order valence-electron chi connectivity index (χ0n) is 18.0. The molecule has 0 spiro atoms. The number of hydroxylamine groups is 3. The Morgan fingerprint density at radius 2 is 1.90 bits per heavy atom. The molecule has 2 saturated heterocycles. The van der Waals surface area contributed by atoms with E-state index >= 15 is 0 Å². The molecule has 2 heterocycles. The van der Waals surface area contributed by atoms with E-state index in [9.17, 15) is 14.8 Å². The van der Waals surface area contributed by atoms with Gasteiger partial charge in [0, 0.05) is 41.2 Å². The van der Waals surface area contributed by atoms with Gasteiger partial charge in [-0.1, -0.05) is 17.7 Å². The number of halogens is 1. The molecule has 2 aromatic rings. The first-order valence-electron chi connectivity index (χ1n) is 10.7. The molecule has 2 aliphatic rings. The van der Waals surface area contributed by atoms with E-state index in [-0.39, 0.29) is 29.8 Å². The molecule has 5 unspecified atom stereocenters. The Bertz CT molecular complexity index is 1010. The summed E-state index contributed by atoms with van der Waals surface area (Å²) in [6.45, 7) is 4.75. The number of hydrogen-bond acceptors (Lipinski definition) is 4. The molecule has 7 heteroatoms. The average molecular weight is 442 g/mol. The zero-order chi connectivity index (χ0) is 22.3. The maximum absolute atomic E-state index is 13.4. The van der Waals surface area contributed by atoms with Crippen LogP contribution in [-0.2, 0) is 4.79 Å². The number of piperidine rings is 2. The minimum Gasteiger partial charge on any atom is -0.625 e. The summed E-state index contributed by atoms with van der Waals surface area (Å²) in [4.78, 5) is 25.9. The fourth-order valence-electron chi connectivity index (χ4n) is 5.01. The van der Waals surface area contributed by atoms with Crippen LogP contribution < -0.4 is 10.6 Å². The van der Waals surface area contributed by atoms with Gasteiger partial charge < -0.3 is 15.8 Å². The minimum absolute atomic E-state index is 0.146. The lowest BCUT2D eigenvalue weighted by Crippen LogP contribution is -2.65. The molecule has 2 aliphatic heterocycles. The fourth-order valence-corrected chi connectivity index (χ4v) is 5.13. The first-order chi connectivity index (χ1) is 14.7. The Balaban J connectivity index is 1.60. The highest BCUT2D eigenvalue weighted by atomic mass is 35.5. The Hall–Kier alpha value is -2.25. The molecule has 0 aromatic heterocycles. The summed E-state index contributed by atoms with van der Waals surface area (Å²) < 4.78 is -0.831. The van der Waals surface area contributed by atoms with E-state index in [1.54, 1.807) is 24.3 Å². The Kier molecular flexibility index (Phi) is 5.92. The van der Waals surface area contributed by atoms with Gasteiger partial charge in [0.15, 0.2) is 0 Å². The van der Waals surface area contributed by atoms with E-state index < -0.39 is 10.6 Å². The van der Waals surface area contributed by atoms with Gasteiger partial charge in [0.2, 0.25) is 0 Å². The van der Waals surface area contributed by atoms with Crippen LogP contribution in [0.1, 0.15) is 47.2 Å². The third-order valence-corrected chi connectivity index (χ3v) is 7.05. The second-order valence-electron chi connectivity index (χ2n) is 9.02. The average Bonchev–Trinajstić information content (AvgIpc) is 2.73. The highest BCUT2D eigenvalue weighted by molar-refractivity contribution is 6.30. The second kappa shape index (κ2) is 8.36. The molecule has 6 nitrogen and oxygen atoms in total. The summed E-state index contributed by atoms with van der Waals surface area (Å²) >= 11 is 5.90. The number of likely N-dealkylation sites (N-methyl/N-ethyl adjacent to an activating group) is 1. The molecule has 0 radical (unpaired) electrons. The summed E-state index contributed by atoms with van der Waals surface area (Å²) in [7, 11) is 1.51. The Morgan fingerprint density at radius 3 is 2.61 bits per heavy atom. The molecule has 0 saturated carbocycles. The van der Waals surface area contributed by atoms with Gasteiger partial charge in [-0.2, -0.15) is 0 Å². The number of carbonyl (C=O) groups is 2. The normalized spacial score (nSPS) is 30.5. The molecule has 4 rings (SSSR count). The number of carbonyl (C=O) groups excluding carboxylic acids is 2. The molecular formula is C24H28ClN3O3. The fraction of sp³-hybridized carbons (Fsp3) is 0.417. The van der Waals surface area contributed by atoms with E-state index in [2.05, 4.69) is 17.6 Å². The van der Waals surface area contributed by atoms with Crippen LogP contribution in [0.3, 0.4) is 0 Å². The van der Waals surface area contributed by atoms with Crippen molar-refractivity contribution >= 4 is 29.1 Å². The number of hydrogen-bond donors (Lipinski definition) is 2. The largest absolute Gasteiger partial charge is 0.625 e. The van der Waals surface area contributed by atoms with E-state index in [0.717, 1.165) is 17.7 Å². The van der Waals surface area contributed by atoms with Crippen LogP contribution in [0, 0.1) is 18.0 Å². The summed E-state index contributed by atoms with van der Waals surface area (Å²) in [6, 6.07) is 12.2. The van der Waals surface area contributed by atoms with Gasteiger partial charge in [0.1, 0.15) is 12.0 Å². The van der Waals surface area contributed by atoms with Crippen LogP contribution in [0.4, 0.5) is 5.69 Å². The zero-order valence-corrected chi connectivity index (χ0v) is 18.8. The van der Waals surface area contributed by atoms with E-state index in [1.165, 1.54) is 7.05 Å². The van der Waals surface area contributed by atoms with Gasteiger partial charge in [0.05, 0.1) is 7.05 Å². The predicted molar refractivity (Wildman–Crippen MR) is 122 cm³/mol. The van der Waals surface area contributed by atoms with Crippen molar-refractivity contribution in [1.29, 1.82) is 0 Å². The molecular weight excluding hydrogens is 414 g/mol. The second-order valence-corrected chi connectivity index (χ2v) is 9.46. The number of likely N-dealkylation sites (tertiary alicyclic amines) is 1. The van der Waals surface area contributed by atoms with Crippen LogP contribution in [0.2, 0.25) is 5.02 Å². The van der Waals surface area contributed by atoms with E-state index in [4.69, 9.17) is 11.6 Å². The topological polar surface area (TPSA) is 81.3 Å². The van der Waals surface area contributed by atoms with E-state index in [1.807, 2.05) is 25.1 Å². The lowest BCUT2D eigenvalue weighted by Gasteiger charge is -2.54. The van der Waals surface area contributed by atoms with Crippen molar-refractivity contribution in [2.24, 2.45) is 5.92 Å². The first kappa shape index (κ1) is 22.0. The minimum atomic E-state index is -0.831. The van der Waals surface area contributed by atoms with E-state index in [0.29, 0.717) is 29.1 Å². The molecule has 5 atom stereocenters. The Morgan fingerprint density at radius 1 is 1.19 bits per heavy atom. The van der Waals surface area contributed by atoms with Crippen molar-refractivity contribution in [2.75, 3.05) is 18.9 Å². The number of fused-ring (bicyclic) bond motifs is 1. The third kappa shape index (κ3) is 4.26. The van der Waals surface area contributed by atoms with Crippen LogP contribution >= 0.6 is 11.6 Å². The first-order valence-corrected chi connectivity index (χ1v) is 11.1. The van der Waals surface area contributed by atoms with Gasteiger partial charge in [-0.25, -0.2) is 4.79 Å². The third-order valence-electron chi connectivity index (χ3n) is 6.79. The molecule has 31 heavy (non-hydrogen) atoms. The van der Waals surface area contributed by atoms with Gasteiger partial charge >= 0.3 is 5.91 Å². The molecule has 0 aliphatic carbocycles. The van der Waals surface area contributed by atoms with Crippen molar-refractivity contribution in [3.63, 3.8) is 0 Å². The van der Waals surface area contributed by atoms with Crippen molar-refractivity contribution in [3.05, 3.63) is 69.4 Å². The van der Waals surface area contributed by atoms with Gasteiger partial charge in [-0.15, -0.1) is 0 Å². The molecule has 2 fully saturated rings. The van der Waals surface area contributed by atoms with Crippen molar-refractivity contribution < 1.29 is 14.2 Å². The van der Waals surface area contributed by atoms with Crippen molar-refractivity contribution in [2.45, 2.75) is 44.7 Å². The molecule has 2 aromatic carbocycles. The monoisotopic (exact) mass is 441 g/mol. The maximum atomic E-state index is 13.4. The quantitative estimate of drug-likeness (QED) is 0.551.